The van der Waals surface area contributed by atoms with E-state index >= 15 is 0 Å². The van der Waals surface area contributed by atoms with E-state index in [2.05, 4.69) is 44.9 Å². The summed E-state index contributed by atoms with van der Waals surface area (Å²) >= 11 is 1.58. The lowest BCUT2D eigenvalue weighted by molar-refractivity contribution is 0.0621. The minimum Gasteiger partial charge on any atom is -0.384 e. The fraction of sp³-hybridized carbons (Fsp3) is 0.333. The van der Waals surface area contributed by atoms with E-state index in [1.807, 2.05) is 47.8 Å². The first-order valence-electron chi connectivity index (χ1n) is 9.37. The Bertz CT molecular complexity index is 872. The summed E-state index contributed by atoms with van der Waals surface area (Å²) in [7, 11) is 0. The molecule has 1 unspecified atom stereocenters. The summed E-state index contributed by atoms with van der Waals surface area (Å²) in [5, 5.41) is 21.1. The summed E-state index contributed by atoms with van der Waals surface area (Å²) < 4.78 is 2.04. The van der Waals surface area contributed by atoms with E-state index < -0.39 is 5.60 Å². The van der Waals surface area contributed by atoms with Crippen LogP contribution in [0.3, 0.4) is 0 Å². The zero-order valence-corrected chi connectivity index (χ0v) is 17.1. The standard InChI is InChI=1S/C21H27N5OS/c1-3-23-20(25-15-21(2,27)19-7-10-28-14-19)24-12-17-5-4-6-18(11-17)13-26-9-8-22-16-26/h4-11,14,16,27H,3,12-13,15H2,1-2H3,(H2,23,24,25). The molecule has 0 aliphatic heterocycles. The first kappa shape index (κ1) is 20.1. The number of hydrogen-bond donors (Lipinski definition) is 3. The molecular weight excluding hydrogens is 370 g/mol. The second-order valence-corrected chi connectivity index (χ2v) is 7.67. The predicted molar refractivity (Wildman–Crippen MR) is 114 cm³/mol. The smallest absolute Gasteiger partial charge is 0.191 e. The van der Waals surface area contributed by atoms with Gasteiger partial charge in [-0.05, 0) is 47.4 Å². The molecule has 28 heavy (non-hydrogen) atoms. The highest BCUT2D eigenvalue weighted by Crippen LogP contribution is 2.21. The van der Waals surface area contributed by atoms with Gasteiger partial charge in [0.1, 0.15) is 5.60 Å². The Hall–Kier alpha value is -2.64. The van der Waals surface area contributed by atoms with Crippen molar-refractivity contribution in [3.63, 3.8) is 0 Å². The van der Waals surface area contributed by atoms with Gasteiger partial charge in [-0.1, -0.05) is 24.3 Å². The maximum atomic E-state index is 10.7. The van der Waals surface area contributed by atoms with Crippen LogP contribution in [0.1, 0.15) is 30.5 Å². The van der Waals surface area contributed by atoms with Crippen molar-refractivity contribution in [3.8, 4) is 0 Å². The van der Waals surface area contributed by atoms with Gasteiger partial charge in [0, 0.05) is 25.5 Å². The first-order valence-corrected chi connectivity index (χ1v) is 10.3. The van der Waals surface area contributed by atoms with E-state index in [0.29, 0.717) is 19.0 Å². The second-order valence-electron chi connectivity index (χ2n) is 6.89. The minimum absolute atomic E-state index is 0.385. The molecular formula is C21H27N5OS. The monoisotopic (exact) mass is 397 g/mol. The van der Waals surface area contributed by atoms with Gasteiger partial charge in [-0.2, -0.15) is 11.3 Å². The van der Waals surface area contributed by atoms with Crippen molar-refractivity contribution in [3.05, 3.63) is 76.5 Å². The van der Waals surface area contributed by atoms with Crippen LogP contribution in [0.4, 0.5) is 0 Å². The van der Waals surface area contributed by atoms with Crippen molar-refractivity contribution in [1.29, 1.82) is 0 Å². The number of benzene rings is 1. The third kappa shape index (κ3) is 5.68. The number of aliphatic hydroxyl groups is 1. The molecule has 6 nitrogen and oxygen atoms in total. The summed E-state index contributed by atoms with van der Waals surface area (Å²) in [6, 6.07) is 10.3. The molecule has 7 heteroatoms. The quantitative estimate of drug-likeness (QED) is 0.404. The van der Waals surface area contributed by atoms with E-state index in [1.54, 1.807) is 17.5 Å². The largest absolute Gasteiger partial charge is 0.384 e. The third-order valence-corrected chi connectivity index (χ3v) is 5.11. The van der Waals surface area contributed by atoms with E-state index in [0.717, 1.165) is 24.2 Å². The van der Waals surface area contributed by atoms with Gasteiger partial charge in [0.15, 0.2) is 5.96 Å². The lowest BCUT2D eigenvalue weighted by Gasteiger charge is -2.24. The highest BCUT2D eigenvalue weighted by molar-refractivity contribution is 7.08. The molecule has 0 radical (unpaired) electrons. The van der Waals surface area contributed by atoms with E-state index in [9.17, 15) is 5.11 Å². The SMILES string of the molecule is CCNC(=NCc1cccc(Cn2ccnc2)c1)NCC(C)(O)c1ccsc1. The maximum Gasteiger partial charge on any atom is 0.191 e. The molecule has 1 atom stereocenters. The molecule has 3 N–H and O–H groups in total. The number of thiophene rings is 1. The molecule has 0 bridgehead atoms. The molecule has 0 spiro atoms. The van der Waals surface area contributed by atoms with Gasteiger partial charge in [-0.15, -0.1) is 0 Å². The molecule has 0 saturated carbocycles. The Morgan fingerprint density at radius 3 is 2.86 bits per heavy atom. The zero-order chi connectivity index (χ0) is 19.8. The second kappa shape index (κ2) is 9.52. The van der Waals surface area contributed by atoms with Gasteiger partial charge in [-0.25, -0.2) is 9.98 Å². The molecule has 2 aromatic heterocycles. The lowest BCUT2D eigenvalue weighted by atomic mass is 9.99. The van der Waals surface area contributed by atoms with Crippen LogP contribution in [0.15, 0.2) is 64.8 Å². The van der Waals surface area contributed by atoms with Crippen molar-refractivity contribution in [2.75, 3.05) is 13.1 Å². The van der Waals surface area contributed by atoms with Crippen LogP contribution in [0.2, 0.25) is 0 Å². The summed E-state index contributed by atoms with van der Waals surface area (Å²) in [6.45, 7) is 6.33. The van der Waals surface area contributed by atoms with Crippen molar-refractivity contribution in [2.24, 2.45) is 4.99 Å². The highest BCUT2D eigenvalue weighted by Gasteiger charge is 2.23. The topological polar surface area (TPSA) is 74.5 Å². The zero-order valence-electron chi connectivity index (χ0n) is 16.3. The molecule has 0 saturated heterocycles. The molecule has 3 aromatic rings. The van der Waals surface area contributed by atoms with Crippen molar-refractivity contribution < 1.29 is 5.11 Å². The number of guanidine groups is 1. The Balaban J connectivity index is 1.62. The Kier molecular flexibility index (Phi) is 6.84. The molecule has 2 heterocycles. The summed E-state index contributed by atoms with van der Waals surface area (Å²) in [6.07, 6.45) is 5.56. The van der Waals surface area contributed by atoms with E-state index in [-0.39, 0.29) is 0 Å². The maximum absolute atomic E-state index is 10.7. The molecule has 0 aliphatic carbocycles. The summed E-state index contributed by atoms with van der Waals surface area (Å²) in [5.41, 5.74) is 2.32. The molecule has 0 aliphatic rings. The van der Waals surface area contributed by atoms with Gasteiger partial charge >= 0.3 is 0 Å². The number of nitrogens with one attached hydrogen (secondary N) is 2. The number of imidazole rings is 1. The predicted octanol–water partition coefficient (Wildman–Crippen LogP) is 2.96. The van der Waals surface area contributed by atoms with Crippen LogP contribution in [-0.2, 0) is 18.7 Å². The van der Waals surface area contributed by atoms with Gasteiger partial charge in [0.25, 0.3) is 0 Å². The van der Waals surface area contributed by atoms with Crippen molar-refractivity contribution in [2.45, 2.75) is 32.5 Å². The molecule has 0 fully saturated rings. The fourth-order valence-electron chi connectivity index (χ4n) is 2.86. The van der Waals surface area contributed by atoms with E-state index in [1.165, 1.54) is 5.56 Å². The van der Waals surface area contributed by atoms with Crippen LogP contribution in [0, 0.1) is 0 Å². The third-order valence-electron chi connectivity index (χ3n) is 4.42. The van der Waals surface area contributed by atoms with Crippen LogP contribution in [0.25, 0.3) is 0 Å². The van der Waals surface area contributed by atoms with Gasteiger partial charge in [0.05, 0.1) is 19.4 Å². The normalized spacial score (nSPS) is 13.9. The Morgan fingerprint density at radius 1 is 1.29 bits per heavy atom. The van der Waals surface area contributed by atoms with E-state index in [4.69, 9.17) is 0 Å². The summed E-state index contributed by atoms with van der Waals surface area (Å²) in [4.78, 5) is 8.76. The Labute approximate surface area is 170 Å². The van der Waals surface area contributed by atoms with Crippen LogP contribution < -0.4 is 10.6 Å². The highest BCUT2D eigenvalue weighted by atomic mass is 32.1. The van der Waals surface area contributed by atoms with Crippen molar-refractivity contribution >= 4 is 17.3 Å². The van der Waals surface area contributed by atoms with Crippen LogP contribution in [-0.4, -0.2) is 33.7 Å². The average Bonchev–Trinajstić information content (AvgIpc) is 3.39. The molecule has 3 rings (SSSR count). The fourth-order valence-corrected chi connectivity index (χ4v) is 3.64. The molecule has 148 valence electrons. The van der Waals surface area contributed by atoms with Crippen LogP contribution >= 0.6 is 11.3 Å². The number of hydrogen-bond acceptors (Lipinski definition) is 4. The number of aliphatic imine (C=N–C) groups is 1. The summed E-state index contributed by atoms with van der Waals surface area (Å²) in [5.74, 6) is 0.693. The minimum atomic E-state index is -0.944. The van der Waals surface area contributed by atoms with Crippen molar-refractivity contribution in [1.82, 2.24) is 20.2 Å². The number of rotatable bonds is 8. The lowest BCUT2D eigenvalue weighted by Crippen LogP contribution is -2.44. The average molecular weight is 398 g/mol. The van der Waals surface area contributed by atoms with Crippen LogP contribution in [0.5, 0.6) is 0 Å². The van der Waals surface area contributed by atoms with Gasteiger partial charge in [-0.3, -0.25) is 0 Å². The number of aromatic nitrogens is 2. The van der Waals surface area contributed by atoms with Gasteiger partial charge in [0.2, 0.25) is 0 Å². The number of nitrogens with zero attached hydrogens (tertiary/aromatic N) is 3. The molecule has 1 aromatic carbocycles. The molecule has 0 amide bonds. The first-order chi connectivity index (χ1) is 13.6. The Morgan fingerprint density at radius 2 is 2.14 bits per heavy atom. The van der Waals surface area contributed by atoms with Gasteiger partial charge < -0.3 is 20.3 Å².